The zero-order valence-corrected chi connectivity index (χ0v) is 12.5. The highest BCUT2D eigenvalue weighted by Crippen LogP contribution is 2.23. The lowest BCUT2D eigenvalue weighted by Crippen LogP contribution is -2.43. The third-order valence-corrected chi connectivity index (χ3v) is 3.70. The first-order valence-corrected chi connectivity index (χ1v) is 7.35. The monoisotopic (exact) mass is 294 g/mol. The van der Waals surface area contributed by atoms with Crippen molar-refractivity contribution < 1.29 is 4.74 Å². The third-order valence-electron chi connectivity index (χ3n) is 3.70. The number of ether oxygens (including phenoxy) is 1. The van der Waals surface area contributed by atoms with Gasteiger partial charge in [0.25, 0.3) is 0 Å². The number of nitrogens with one attached hydrogen (secondary N) is 1. The SMILES string of the molecule is CC1COCCN1c1ccc(Nc2cccc(C#N)n2)cc1. The molecule has 0 spiro atoms. The van der Waals surface area contributed by atoms with E-state index in [2.05, 4.69) is 34.3 Å². The van der Waals surface area contributed by atoms with Gasteiger partial charge in [0.05, 0.1) is 13.2 Å². The maximum Gasteiger partial charge on any atom is 0.142 e. The van der Waals surface area contributed by atoms with E-state index in [9.17, 15) is 0 Å². The molecule has 1 saturated heterocycles. The average molecular weight is 294 g/mol. The van der Waals surface area contributed by atoms with Gasteiger partial charge in [-0.25, -0.2) is 4.98 Å². The summed E-state index contributed by atoms with van der Waals surface area (Å²) in [6.07, 6.45) is 0. The highest BCUT2D eigenvalue weighted by Gasteiger charge is 2.18. The Morgan fingerprint density at radius 1 is 1.27 bits per heavy atom. The van der Waals surface area contributed by atoms with E-state index in [1.807, 2.05) is 30.3 Å². The number of pyridine rings is 1. The molecule has 5 nitrogen and oxygen atoms in total. The van der Waals surface area contributed by atoms with E-state index >= 15 is 0 Å². The minimum Gasteiger partial charge on any atom is -0.377 e. The van der Waals surface area contributed by atoms with Crippen LogP contribution in [0.3, 0.4) is 0 Å². The van der Waals surface area contributed by atoms with Crippen molar-refractivity contribution in [2.24, 2.45) is 0 Å². The molecule has 0 saturated carbocycles. The molecule has 2 heterocycles. The van der Waals surface area contributed by atoms with Crippen molar-refractivity contribution >= 4 is 17.2 Å². The number of hydrogen-bond donors (Lipinski definition) is 1. The Labute approximate surface area is 130 Å². The van der Waals surface area contributed by atoms with E-state index in [0.29, 0.717) is 17.6 Å². The van der Waals surface area contributed by atoms with Crippen LogP contribution in [0, 0.1) is 11.3 Å². The van der Waals surface area contributed by atoms with Gasteiger partial charge in [-0.05, 0) is 43.3 Å². The van der Waals surface area contributed by atoms with Crippen molar-refractivity contribution in [1.29, 1.82) is 5.26 Å². The lowest BCUT2D eigenvalue weighted by Gasteiger charge is -2.35. The van der Waals surface area contributed by atoms with E-state index in [1.165, 1.54) is 5.69 Å². The van der Waals surface area contributed by atoms with Crippen molar-refractivity contribution in [2.75, 3.05) is 30.0 Å². The van der Waals surface area contributed by atoms with Gasteiger partial charge in [-0.1, -0.05) is 6.07 Å². The summed E-state index contributed by atoms with van der Waals surface area (Å²) in [5.74, 6) is 0.673. The summed E-state index contributed by atoms with van der Waals surface area (Å²) >= 11 is 0. The number of benzene rings is 1. The normalized spacial score (nSPS) is 17.8. The summed E-state index contributed by atoms with van der Waals surface area (Å²) in [6, 6.07) is 16.0. The highest BCUT2D eigenvalue weighted by atomic mass is 16.5. The van der Waals surface area contributed by atoms with Gasteiger partial charge in [-0.15, -0.1) is 0 Å². The Kier molecular flexibility index (Phi) is 4.22. The van der Waals surface area contributed by atoms with Gasteiger partial charge in [0, 0.05) is 24.0 Å². The number of nitriles is 1. The third kappa shape index (κ3) is 3.18. The molecule has 1 N–H and O–H groups in total. The maximum absolute atomic E-state index is 8.88. The first-order chi connectivity index (χ1) is 10.8. The standard InChI is InChI=1S/C17H18N4O/c1-13-12-22-10-9-21(13)16-7-5-14(6-8-16)19-17-4-2-3-15(11-18)20-17/h2-8,13H,9-10,12H2,1H3,(H,19,20). The molecule has 3 rings (SSSR count). The fraction of sp³-hybridized carbons (Fsp3) is 0.294. The predicted octanol–water partition coefficient (Wildman–Crippen LogP) is 2.92. The van der Waals surface area contributed by atoms with E-state index in [-0.39, 0.29) is 0 Å². The van der Waals surface area contributed by atoms with Gasteiger partial charge in [0.1, 0.15) is 17.6 Å². The zero-order chi connectivity index (χ0) is 15.4. The Balaban J connectivity index is 1.72. The molecule has 0 amide bonds. The van der Waals surface area contributed by atoms with Gasteiger partial charge in [0.2, 0.25) is 0 Å². The van der Waals surface area contributed by atoms with Gasteiger partial charge in [-0.2, -0.15) is 5.26 Å². The number of hydrogen-bond acceptors (Lipinski definition) is 5. The summed E-state index contributed by atoms with van der Waals surface area (Å²) < 4.78 is 5.47. The maximum atomic E-state index is 8.88. The number of nitrogens with zero attached hydrogens (tertiary/aromatic N) is 3. The summed E-state index contributed by atoms with van der Waals surface area (Å²) in [6.45, 7) is 4.63. The fourth-order valence-corrected chi connectivity index (χ4v) is 2.56. The molecule has 0 radical (unpaired) electrons. The molecule has 1 aromatic heterocycles. The lowest BCUT2D eigenvalue weighted by molar-refractivity contribution is 0.0989. The van der Waals surface area contributed by atoms with Crippen LogP contribution in [0.4, 0.5) is 17.2 Å². The van der Waals surface area contributed by atoms with Crippen molar-refractivity contribution in [3.63, 3.8) is 0 Å². The molecule has 1 aliphatic rings. The van der Waals surface area contributed by atoms with Crippen molar-refractivity contribution in [1.82, 2.24) is 4.98 Å². The minimum atomic E-state index is 0.390. The van der Waals surface area contributed by atoms with E-state index in [4.69, 9.17) is 10.00 Å². The second kappa shape index (κ2) is 6.46. The van der Waals surface area contributed by atoms with E-state index < -0.39 is 0 Å². The Morgan fingerprint density at radius 3 is 2.82 bits per heavy atom. The van der Waals surface area contributed by atoms with Gasteiger partial charge in [-0.3, -0.25) is 0 Å². The molecule has 1 fully saturated rings. The number of aromatic nitrogens is 1. The Hall–Kier alpha value is -2.58. The first kappa shape index (κ1) is 14.4. The van der Waals surface area contributed by atoms with Crippen LogP contribution in [0.2, 0.25) is 0 Å². The molecule has 1 unspecified atom stereocenters. The summed E-state index contributed by atoms with van der Waals surface area (Å²) in [5.41, 5.74) is 2.55. The highest BCUT2D eigenvalue weighted by molar-refractivity contribution is 5.61. The molecule has 2 aromatic rings. The van der Waals surface area contributed by atoms with Crippen LogP contribution in [0.25, 0.3) is 0 Å². The second-order valence-corrected chi connectivity index (χ2v) is 5.31. The van der Waals surface area contributed by atoms with Crippen molar-refractivity contribution in [3.05, 3.63) is 48.2 Å². The smallest absolute Gasteiger partial charge is 0.142 e. The second-order valence-electron chi connectivity index (χ2n) is 5.31. The van der Waals surface area contributed by atoms with Crippen LogP contribution in [0.1, 0.15) is 12.6 Å². The van der Waals surface area contributed by atoms with Crippen LogP contribution in [-0.2, 0) is 4.74 Å². The molecule has 1 atom stereocenters. The molecule has 0 aliphatic carbocycles. The largest absolute Gasteiger partial charge is 0.377 e. The Morgan fingerprint density at radius 2 is 2.09 bits per heavy atom. The number of morpholine rings is 1. The van der Waals surface area contributed by atoms with Crippen LogP contribution < -0.4 is 10.2 Å². The molecular formula is C17H18N4O. The van der Waals surface area contributed by atoms with Crippen LogP contribution >= 0.6 is 0 Å². The topological polar surface area (TPSA) is 61.2 Å². The van der Waals surface area contributed by atoms with Crippen LogP contribution in [-0.4, -0.2) is 30.8 Å². The minimum absolute atomic E-state index is 0.390. The predicted molar refractivity (Wildman–Crippen MR) is 86.3 cm³/mol. The fourth-order valence-electron chi connectivity index (χ4n) is 2.56. The lowest BCUT2D eigenvalue weighted by atomic mass is 10.2. The van der Waals surface area contributed by atoms with Gasteiger partial charge < -0.3 is 15.0 Å². The molecule has 1 aromatic carbocycles. The average Bonchev–Trinajstić information content (AvgIpc) is 2.56. The summed E-state index contributed by atoms with van der Waals surface area (Å²) in [7, 11) is 0. The molecular weight excluding hydrogens is 276 g/mol. The van der Waals surface area contributed by atoms with Crippen LogP contribution in [0.5, 0.6) is 0 Å². The van der Waals surface area contributed by atoms with Crippen molar-refractivity contribution in [3.8, 4) is 6.07 Å². The molecule has 112 valence electrons. The number of rotatable bonds is 3. The first-order valence-electron chi connectivity index (χ1n) is 7.35. The molecule has 1 aliphatic heterocycles. The van der Waals surface area contributed by atoms with E-state index in [1.54, 1.807) is 6.07 Å². The quantitative estimate of drug-likeness (QED) is 0.943. The summed E-state index contributed by atoms with van der Waals surface area (Å²) in [4.78, 5) is 6.56. The van der Waals surface area contributed by atoms with Gasteiger partial charge >= 0.3 is 0 Å². The molecule has 0 bridgehead atoms. The van der Waals surface area contributed by atoms with E-state index in [0.717, 1.165) is 25.4 Å². The number of anilines is 3. The van der Waals surface area contributed by atoms with Crippen molar-refractivity contribution in [2.45, 2.75) is 13.0 Å². The summed E-state index contributed by atoms with van der Waals surface area (Å²) in [5, 5.41) is 12.1. The zero-order valence-electron chi connectivity index (χ0n) is 12.5. The Bertz CT molecular complexity index is 678. The molecule has 5 heteroatoms. The van der Waals surface area contributed by atoms with Gasteiger partial charge in [0.15, 0.2) is 0 Å². The molecule has 22 heavy (non-hydrogen) atoms. The van der Waals surface area contributed by atoms with Crippen LogP contribution in [0.15, 0.2) is 42.5 Å².